The van der Waals surface area contributed by atoms with Crippen LogP contribution in [-0.2, 0) is 26.2 Å². The Morgan fingerprint density at radius 1 is 0.950 bits per heavy atom. The Kier molecular flexibility index (Phi) is 9.53. The van der Waals surface area contributed by atoms with Gasteiger partial charge in [-0.15, -0.1) is 0 Å². The van der Waals surface area contributed by atoms with Crippen molar-refractivity contribution in [3.8, 4) is 0 Å². The zero-order chi connectivity index (χ0) is 28.9. The van der Waals surface area contributed by atoms with E-state index in [0.717, 1.165) is 46.7 Å². The Morgan fingerprint density at radius 2 is 1.60 bits per heavy atom. The number of carbonyl (C=O) groups excluding carboxylic acids is 2. The molecule has 2 amide bonds. The van der Waals surface area contributed by atoms with Crippen LogP contribution in [0.4, 0.5) is 5.69 Å². The zero-order valence-corrected chi connectivity index (χ0v) is 24.7. The molecule has 1 aliphatic rings. The van der Waals surface area contributed by atoms with Crippen molar-refractivity contribution < 1.29 is 18.0 Å². The van der Waals surface area contributed by atoms with Crippen LogP contribution in [0.25, 0.3) is 0 Å². The second kappa shape index (κ2) is 12.9. The standard InChI is InChI=1S/C31H36ClN3O4S/c1-22-11-17-29(18-12-22)40(38,39)35(28-15-13-26(32)14-16-28)21-30(36)34(20-25-8-6-7-23(2)19-25)24(3)31(37)33-27-9-4-5-10-27/h6-8,11-19,24,27H,4-5,9-10,20-21H2,1-3H3,(H,33,37)/t24-/m0/s1. The average Bonchev–Trinajstić information content (AvgIpc) is 3.44. The second-order valence-corrected chi connectivity index (χ2v) is 12.8. The van der Waals surface area contributed by atoms with Gasteiger partial charge in [0.1, 0.15) is 12.6 Å². The van der Waals surface area contributed by atoms with Crippen molar-refractivity contribution in [2.45, 2.75) is 70.0 Å². The number of benzene rings is 3. The van der Waals surface area contributed by atoms with Crippen molar-refractivity contribution in [1.29, 1.82) is 0 Å². The van der Waals surface area contributed by atoms with E-state index in [1.54, 1.807) is 43.3 Å². The third-order valence-electron chi connectivity index (χ3n) is 7.31. The Bertz CT molecular complexity index is 1440. The fraction of sp³-hybridized carbons (Fsp3) is 0.355. The molecular formula is C31H36ClN3O4S. The van der Waals surface area contributed by atoms with Gasteiger partial charge in [-0.25, -0.2) is 8.42 Å². The van der Waals surface area contributed by atoms with Crippen molar-refractivity contribution in [3.63, 3.8) is 0 Å². The summed E-state index contributed by atoms with van der Waals surface area (Å²) in [5.74, 6) is -0.728. The highest BCUT2D eigenvalue weighted by molar-refractivity contribution is 7.92. The largest absolute Gasteiger partial charge is 0.352 e. The maximum absolute atomic E-state index is 14.0. The van der Waals surface area contributed by atoms with E-state index >= 15 is 0 Å². The molecule has 0 heterocycles. The van der Waals surface area contributed by atoms with E-state index in [1.807, 2.05) is 38.1 Å². The molecule has 1 atom stereocenters. The zero-order valence-electron chi connectivity index (χ0n) is 23.1. The predicted molar refractivity (Wildman–Crippen MR) is 159 cm³/mol. The molecule has 0 aliphatic heterocycles. The lowest BCUT2D eigenvalue weighted by Gasteiger charge is -2.32. The Balaban J connectivity index is 1.68. The van der Waals surface area contributed by atoms with Crippen LogP contribution in [0.5, 0.6) is 0 Å². The molecule has 212 valence electrons. The monoisotopic (exact) mass is 581 g/mol. The number of nitrogens with zero attached hydrogens (tertiary/aromatic N) is 2. The second-order valence-electron chi connectivity index (χ2n) is 10.5. The van der Waals surface area contributed by atoms with E-state index in [-0.39, 0.29) is 23.4 Å². The molecule has 3 aromatic rings. The molecule has 3 aromatic carbocycles. The summed E-state index contributed by atoms with van der Waals surface area (Å²) in [4.78, 5) is 28.8. The van der Waals surface area contributed by atoms with Crippen LogP contribution in [0, 0.1) is 13.8 Å². The number of carbonyl (C=O) groups is 2. The van der Waals surface area contributed by atoms with Crippen molar-refractivity contribution in [2.75, 3.05) is 10.8 Å². The molecule has 40 heavy (non-hydrogen) atoms. The molecular weight excluding hydrogens is 546 g/mol. The number of aryl methyl sites for hydroxylation is 2. The molecule has 0 saturated heterocycles. The molecule has 0 aromatic heterocycles. The fourth-order valence-corrected chi connectivity index (χ4v) is 6.50. The molecule has 0 radical (unpaired) electrons. The van der Waals surface area contributed by atoms with Crippen molar-refractivity contribution in [1.82, 2.24) is 10.2 Å². The molecule has 4 rings (SSSR count). The molecule has 7 nitrogen and oxygen atoms in total. The van der Waals surface area contributed by atoms with Gasteiger partial charge in [-0.2, -0.15) is 0 Å². The van der Waals surface area contributed by atoms with Crippen molar-refractivity contribution in [3.05, 3.63) is 94.5 Å². The molecule has 9 heteroatoms. The fourth-order valence-electron chi connectivity index (χ4n) is 4.96. The van der Waals surface area contributed by atoms with Gasteiger partial charge in [0.2, 0.25) is 11.8 Å². The molecule has 0 bridgehead atoms. The summed E-state index contributed by atoms with van der Waals surface area (Å²) in [5, 5.41) is 3.53. The Labute approximate surface area is 242 Å². The molecule has 0 spiro atoms. The lowest BCUT2D eigenvalue weighted by atomic mass is 10.1. The number of hydrogen-bond donors (Lipinski definition) is 1. The van der Waals surface area contributed by atoms with E-state index in [0.29, 0.717) is 10.7 Å². The summed E-state index contributed by atoms with van der Waals surface area (Å²) in [7, 11) is -4.11. The van der Waals surface area contributed by atoms with Crippen LogP contribution in [-0.4, -0.2) is 43.8 Å². The topological polar surface area (TPSA) is 86.8 Å². The van der Waals surface area contributed by atoms with Gasteiger partial charge in [0.15, 0.2) is 0 Å². The number of hydrogen-bond acceptors (Lipinski definition) is 4. The molecule has 1 aliphatic carbocycles. The van der Waals surface area contributed by atoms with E-state index in [4.69, 9.17) is 11.6 Å². The molecule has 0 unspecified atom stereocenters. The minimum absolute atomic E-state index is 0.0677. The quantitative estimate of drug-likeness (QED) is 0.336. The first kappa shape index (κ1) is 29.6. The third-order valence-corrected chi connectivity index (χ3v) is 9.35. The first-order valence-corrected chi connectivity index (χ1v) is 15.4. The maximum Gasteiger partial charge on any atom is 0.264 e. The van der Waals surface area contributed by atoms with Gasteiger partial charge >= 0.3 is 0 Å². The Morgan fingerprint density at radius 3 is 2.23 bits per heavy atom. The van der Waals surface area contributed by atoms with Crippen LogP contribution in [0.1, 0.15) is 49.3 Å². The highest BCUT2D eigenvalue weighted by Gasteiger charge is 2.33. The number of anilines is 1. The van der Waals surface area contributed by atoms with Gasteiger partial charge in [0, 0.05) is 17.6 Å². The van der Waals surface area contributed by atoms with Gasteiger partial charge in [0.05, 0.1) is 10.6 Å². The van der Waals surface area contributed by atoms with Gasteiger partial charge in [0.25, 0.3) is 10.0 Å². The predicted octanol–water partition coefficient (Wildman–Crippen LogP) is 5.63. The van der Waals surface area contributed by atoms with Gasteiger partial charge in [-0.05, 0) is 75.6 Å². The van der Waals surface area contributed by atoms with Crippen LogP contribution >= 0.6 is 11.6 Å². The normalized spacial score (nSPS) is 14.5. The number of rotatable bonds is 10. The van der Waals surface area contributed by atoms with Crippen molar-refractivity contribution in [2.24, 2.45) is 0 Å². The minimum atomic E-state index is -4.11. The maximum atomic E-state index is 14.0. The Hall–Kier alpha value is -3.36. The van der Waals surface area contributed by atoms with E-state index in [1.165, 1.54) is 17.0 Å². The van der Waals surface area contributed by atoms with E-state index in [9.17, 15) is 18.0 Å². The van der Waals surface area contributed by atoms with E-state index in [2.05, 4.69) is 5.32 Å². The SMILES string of the molecule is Cc1ccc(S(=O)(=O)N(CC(=O)N(Cc2cccc(C)c2)[C@@H](C)C(=O)NC2CCCC2)c2ccc(Cl)cc2)cc1. The number of halogens is 1. The van der Waals surface area contributed by atoms with Gasteiger partial charge in [-0.3, -0.25) is 13.9 Å². The highest BCUT2D eigenvalue weighted by atomic mass is 35.5. The molecule has 1 N–H and O–H groups in total. The summed E-state index contributed by atoms with van der Waals surface area (Å²) in [5.41, 5.74) is 3.10. The summed E-state index contributed by atoms with van der Waals surface area (Å²) >= 11 is 6.08. The van der Waals surface area contributed by atoms with Crippen LogP contribution in [0.3, 0.4) is 0 Å². The summed E-state index contributed by atoms with van der Waals surface area (Å²) < 4.78 is 28.8. The van der Waals surface area contributed by atoms with Crippen molar-refractivity contribution >= 4 is 39.1 Å². The average molecular weight is 582 g/mol. The number of sulfonamides is 1. The summed E-state index contributed by atoms with van der Waals surface area (Å²) in [6, 6.07) is 19.8. The van der Waals surface area contributed by atoms with Crippen LogP contribution in [0.2, 0.25) is 5.02 Å². The molecule has 1 saturated carbocycles. The lowest BCUT2D eigenvalue weighted by molar-refractivity contribution is -0.139. The molecule has 1 fully saturated rings. The minimum Gasteiger partial charge on any atom is -0.352 e. The number of amides is 2. The summed E-state index contributed by atoms with van der Waals surface area (Å²) in [6.07, 6.45) is 3.98. The number of nitrogens with one attached hydrogen (secondary N) is 1. The highest BCUT2D eigenvalue weighted by Crippen LogP contribution is 2.26. The van der Waals surface area contributed by atoms with Gasteiger partial charge < -0.3 is 10.2 Å². The first-order valence-electron chi connectivity index (χ1n) is 13.5. The third kappa shape index (κ3) is 7.23. The van der Waals surface area contributed by atoms with E-state index < -0.39 is 28.5 Å². The van der Waals surface area contributed by atoms with Crippen LogP contribution < -0.4 is 9.62 Å². The first-order chi connectivity index (χ1) is 19.0. The van der Waals surface area contributed by atoms with Gasteiger partial charge in [-0.1, -0.05) is 72.0 Å². The lowest BCUT2D eigenvalue weighted by Crippen LogP contribution is -2.52. The van der Waals surface area contributed by atoms with Crippen LogP contribution in [0.15, 0.2) is 77.7 Å². The summed E-state index contributed by atoms with van der Waals surface area (Å²) in [6.45, 7) is 5.21. The smallest absolute Gasteiger partial charge is 0.264 e.